The van der Waals surface area contributed by atoms with Gasteiger partial charge in [-0.1, -0.05) is 24.3 Å². The maximum atomic E-state index is 13.6. The first kappa shape index (κ1) is 14.7. The van der Waals surface area contributed by atoms with Crippen LogP contribution in [-0.4, -0.2) is 0 Å². The molecule has 0 aliphatic rings. The molecule has 0 fully saturated rings. The smallest absolute Gasteiger partial charge is 0.129 e. The molecular formula is C17H19F2N. The Balaban J connectivity index is 2.03. The summed E-state index contributed by atoms with van der Waals surface area (Å²) in [5.74, 6) is -0.369. The van der Waals surface area contributed by atoms with Crippen molar-refractivity contribution in [2.75, 3.05) is 0 Å². The first-order chi connectivity index (χ1) is 9.47. The van der Waals surface area contributed by atoms with Gasteiger partial charge in [-0.15, -0.1) is 0 Å². The van der Waals surface area contributed by atoms with Crippen LogP contribution in [0.2, 0.25) is 0 Å². The topological polar surface area (TPSA) is 12.0 Å². The lowest BCUT2D eigenvalue weighted by molar-refractivity contribution is 0.567. The van der Waals surface area contributed by atoms with Gasteiger partial charge in [0.25, 0.3) is 0 Å². The van der Waals surface area contributed by atoms with Gasteiger partial charge < -0.3 is 5.32 Å². The molecule has 1 unspecified atom stereocenters. The van der Waals surface area contributed by atoms with Crippen LogP contribution >= 0.6 is 0 Å². The average Bonchev–Trinajstić information content (AvgIpc) is 2.42. The van der Waals surface area contributed by atoms with Gasteiger partial charge in [0, 0.05) is 12.6 Å². The Morgan fingerprint density at radius 1 is 1.00 bits per heavy atom. The van der Waals surface area contributed by atoms with E-state index in [1.807, 2.05) is 19.1 Å². The lowest BCUT2D eigenvalue weighted by atomic mass is 10.0. The molecule has 0 bridgehead atoms. The standard InChI is InChI=1S/C17H19F2N/c1-11-8-14(9-12(2)17(11)19)10-20-13(3)15-4-6-16(18)7-5-15/h4-9,13,20H,10H2,1-3H3. The summed E-state index contributed by atoms with van der Waals surface area (Å²) in [6, 6.07) is 10.3. The summed E-state index contributed by atoms with van der Waals surface area (Å²) in [4.78, 5) is 0. The predicted molar refractivity (Wildman–Crippen MR) is 77.5 cm³/mol. The van der Waals surface area contributed by atoms with Crippen LogP contribution in [0.25, 0.3) is 0 Å². The number of nitrogens with one attached hydrogen (secondary N) is 1. The van der Waals surface area contributed by atoms with E-state index < -0.39 is 0 Å². The molecular weight excluding hydrogens is 256 g/mol. The van der Waals surface area contributed by atoms with Crippen molar-refractivity contribution in [2.24, 2.45) is 0 Å². The molecule has 1 nitrogen and oxygen atoms in total. The Bertz CT molecular complexity index is 567. The first-order valence-electron chi connectivity index (χ1n) is 6.72. The Kier molecular flexibility index (Phi) is 4.50. The van der Waals surface area contributed by atoms with Gasteiger partial charge in [-0.3, -0.25) is 0 Å². The molecule has 106 valence electrons. The van der Waals surface area contributed by atoms with Crippen LogP contribution in [0.1, 0.15) is 35.2 Å². The van der Waals surface area contributed by atoms with Crippen LogP contribution in [0.5, 0.6) is 0 Å². The number of rotatable bonds is 4. The predicted octanol–water partition coefficient (Wildman–Crippen LogP) is 4.43. The highest BCUT2D eigenvalue weighted by Gasteiger charge is 2.07. The summed E-state index contributed by atoms with van der Waals surface area (Å²) in [7, 11) is 0. The molecule has 3 heteroatoms. The van der Waals surface area contributed by atoms with Crippen LogP contribution in [0, 0.1) is 25.5 Å². The number of benzene rings is 2. The Morgan fingerprint density at radius 3 is 2.10 bits per heavy atom. The van der Waals surface area contributed by atoms with Crippen molar-refractivity contribution >= 4 is 0 Å². The first-order valence-corrected chi connectivity index (χ1v) is 6.72. The molecule has 0 amide bonds. The molecule has 2 rings (SSSR count). The van der Waals surface area contributed by atoms with E-state index in [9.17, 15) is 8.78 Å². The molecule has 0 saturated heterocycles. The van der Waals surface area contributed by atoms with E-state index in [2.05, 4.69) is 5.32 Å². The maximum absolute atomic E-state index is 13.6. The van der Waals surface area contributed by atoms with Crippen molar-refractivity contribution in [3.8, 4) is 0 Å². The van der Waals surface area contributed by atoms with Crippen LogP contribution < -0.4 is 5.32 Å². The van der Waals surface area contributed by atoms with Gasteiger partial charge in [0.2, 0.25) is 0 Å². The molecule has 0 aliphatic heterocycles. The van der Waals surface area contributed by atoms with Gasteiger partial charge in [0.05, 0.1) is 0 Å². The van der Waals surface area contributed by atoms with E-state index in [1.54, 1.807) is 26.0 Å². The molecule has 0 radical (unpaired) electrons. The molecule has 0 aromatic heterocycles. The summed E-state index contributed by atoms with van der Waals surface area (Å²) in [5, 5.41) is 3.36. The molecule has 20 heavy (non-hydrogen) atoms. The second-order valence-electron chi connectivity index (χ2n) is 5.20. The van der Waals surface area contributed by atoms with Gasteiger partial charge in [-0.05, 0) is 55.2 Å². The minimum atomic E-state index is -0.231. The summed E-state index contributed by atoms with van der Waals surface area (Å²) in [6.07, 6.45) is 0. The maximum Gasteiger partial charge on any atom is 0.129 e. The molecule has 0 heterocycles. The van der Waals surface area contributed by atoms with Crippen molar-refractivity contribution in [3.05, 3.63) is 70.3 Å². The third-order valence-corrected chi connectivity index (χ3v) is 3.48. The SMILES string of the molecule is Cc1cc(CNC(C)c2ccc(F)cc2)cc(C)c1F. The molecule has 2 aromatic carbocycles. The van der Waals surface area contributed by atoms with E-state index >= 15 is 0 Å². The summed E-state index contributed by atoms with van der Waals surface area (Å²) < 4.78 is 26.4. The number of hydrogen-bond acceptors (Lipinski definition) is 1. The summed E-state index contributed by atoms with van der Waals surface area (Å²) in [5.41, 5.74) is 3.41. The fraction of sp³-hybridized carbons (Fsp3) is 0.294. The second-order valence-corrected chi connectivity index (χ2v) is 5.20. The quantitative estimate of drug-likeness (QED) is 0.870. The van der Waals surface area contributed by atoms with Gasteiger partial charge in [-0.2, -0.15) is 0 Å². The zero-order valence-corrected chi connectivity index (χ0v) is 12.0. The van der Waals surface area contributed by atoms with Crippen molar-refractivity contribution < 1.29 is 8.78 Å². The minimum Gasteiger partial charge on any atom is -0.306 e. The van der Waals surface area contributed by atoms with E-state index in [0.717, 1.165) is 11.1 Å². The highest BCUT2D eigenvalue weighted by molar-refractivity contribution is 5.30. The van der Waals surface area contributed by atoms with E-state index in [4.69, 9.17) is 0 Å². The highest BCUT2D eigenvalue weighted by atomic mass is 19.1. The van der Waals surface area contributed by atoms with E-state index in [1.165, 1.54) is 12.1 Å². The highest BCUT2D eigenvalue weighted by Crippen LogP contribution is 2.17. The van der Waals surface area contributed by atoms with E-state index in [0.29, 0.717) is 17.7 Å². The van der Waals surface area contributed by atoms with Gasteiger partial charge >= 0.3 is 0 Å². The van der Waals surface area contributed by atoms with Crippen molar-refractivity contribution in [2.45, 2.75) is 33.4 Å². The Hall–Kier alpha value is -1.74. The third-order valence-electron chi connectivity index (χ3n) is 3.48. The monoisotopic (exact) mass is 275 g/mol. The third kappa shape index (κ3) is 3.42. The van der Waals surface area contributed by atoms with Crippen LogP contribution in [-0.2, 0) is 6.54 Å². The van der Waals surface area contributed by atoms with Crippen LogP contribution in [0.15, 0.2) is 36.4 Å². The normalized spacial score (nSPS) is 12.4. The van der Waals surface area contributed by atoms with Crippen LogP contribution in [0.4, 0.5) is 8.78 Å². The van der Waals surface area contributed by atoms with Gasteiger partial charge in [0.15, 0.2) is 0 Å². The number of hydrogen-bond donors (Lipinski definition) is 1. The molecule has 0 spiro atoms. The molecule has 2 aromatic rings. The van der Waals surface area contributed by atoms with Crippen molar-refractivity contribution in [1.82, 2.24) is 5.32 Å². The Labute approximate surface area is 118 Å². The zero-order valence-electron chi connectivity index (χ0n) is 12.0. The van der Waals surface area contributed by atoms with Crippen molar-refractivity contribution in [3.63, 3.8) is 0 Å². The molecule has 1 N–H and O–H groups in total. The average molecular weight is 275 g/mol. The second kappa shape index (κ2) is 6.14. The van der Waals surface area contributed by atoms with E-state index in [-0.39, 0.29) is 17.7 Å². The lowest BCUT2D eigenvalue weighted by Crippen LogP contribution is -2.18. The fourth-order valence-electron chi connectivity index (χ4n) is 2.28. The molecule has 1 atom stereocenters. The van der Waals surface area contributed by atoms with Gasteiger partial charge in [-0.25, -0.2) is 8.78 Å². The number of aryl methyl sites for hydroxylation is 2. The molecule has 0 saturated carbocycles. The zero-order chi connectivity index (χ0) is 14.7. The Morgan fingerprint density at radius 2 is 1.55 bits per heavy atom. The largest absolute Gasteiger partial charge is 0.306 e. The fourth-order valence-corrected chi connectivity index (χ4v) is 2.28. The minimum absolute atomic E-state index is 0.112. The summed E-state index contributed by atoms with van der Waals surface area (Å²) in [6.45, 7) is 6.22. The lowest BCUT2D eigenvalue weighted by Gasteiger charge is -2.15. The van der Waals surface area contributed by atoms with Crippen LogP contribution in [0.3, 0.4) is 0 Å². The van der Waals surface area contributed by atoms with Gasteiger partial charge in [0.1, 0.15) is 11.6 Å². The summed E-state index contributed by atoms with van der Waals surface area (Å²) >= 11 is 0. The molecule has 0 aliphatic carbocycles. The van der Waals surface area contributed by atoms with Crippen molar-refractivity contribution in [1.29, 1.82) is 0 Å². The number of halogens is 2.